The molecule has 0 spiro atoms. The van der Waals surface area contributed by atoms with Gasteiger partial charge in [0.05, 0.1) is 0 Å². The van der Waals surface area contributed by atoms with Crippen molar-refractivity contribution in [3.63, 3.8) is 0 Å². The smallest absolute Gasteiger partial charge is 0.195 e. The highest BCUT2D eigenvalue weighted by Crippen LogP contribution is 2.23. The van der Waals surface area contributed by atoms with Crippen molar-refractivity contribution < 1.29 is 0 Å². The first-order valence-corrected chi connectivity index (χ1v) is 7.60. The Bertz CT molecular complexity index is 545. The van der Waals surface area contributed by atoms with Gasteiger partial charge in [0.25, 0.3) is 0 Å². The Labute approximate surface area is 117 Å². The van der Waals surface area contributed by atoms with Gasteiger partial charge in [-0.1, -0.05) is 37.3 Å². The number of rotatable bonds is 5. The van der Waals surface area contributed by atoms with Crippen molar-refractivity contribution in [1.29, 1.82) is 0 Å². The molecule has 96 valence electrons. The molecule has 1 N–H and O–H groups in total. The number of benzene rings is 1. The normalized spacial score (nSPS) is 12.6. The summed E-state index contributed by atoms with van der Waals surface area (Å²) >= 11 is 7.25. The molecular weight excluding hydrogens is 262 g/mol. The van der Waals surface area contributed by atoms with Crippen molar-refractivity contribution in [3.05, 3.63) is 35.1 Å². The fourth-order valence-corrected chi connectivity index (χ4v) is 2.91. The van der Waals surface area contributed by atoms with Gasteiger partial charge < -0.3 is 0 Å². The maximum Gasteiger partial charge on any atom is 0.195 e. The fraction of sp³-hybridized carbons (Fsp3) is 0.385. The second kappa shape index (κ2) is 6.20. The van der Waals surface area contributed by atoms with E-state index >= 15 is 0 Å². The van der Waals surface area contributed by atoms with E-state index in [1.165, 1.54) is 0 Å². The van der Waals surface area contributed by atoms with Crippen molar-refractivity contribution in [2.45, 2.75) is 19.9 Å². The van der Waals surface area contributed by atoms with Gasteiger partial charge in [0.1, 0.15) is 0 Å². The molecular formula is C13H17N3S2. The van der Waals surface area contributed by atoms with Gasteiger partial charge in [0, 0.05) is 17.4 Å². The van der Waals surface area contributed by atoms with Crippen molar-refractivity contribution in [2.75, 3.05) is 11.5 Å². The van der Waals surface area contributed by atoms with Crippen LogP contribution in [0.4, 0.5) is 0 Å². The first kappa shape index (κ1) is 13.4. The summed E-state index contributed by atoms with van der Waals surface area (Å²) in [7, 11) is 0. The molecule has 1 aromatic heterocycles. The summed E-state index contributed by atoms with van der Waals surface area (Å²) in [5.41, 5.74) is 1.10. The number of hydrogen-bond donors (Lipinski definition) is 1. The van der Waals surface area contributed by atoms with Gasteiger partial charge in [-0.15, -0.1) is 0 Å². The number of hydrogen-bond acceptors (Lipinski definition) is 3. The van der Waals surface area contributed by atoms with Gasteiger partial charge in [0.2, 0.25) is 0 Å². The zero-order valence-electron chi connectivity index (χ0n) is 10.6. The summed E-state index contributed by atoms with van der Waals surface area (Å²) in [4.78, 5) is 0. The minimum absolute atomic E-state index is 0.344. The quantitative estimate of drug-likeness (QED) is 0.842. The lowest BCUT2D eigenvalue weighted by molar-refractivity contribution is 0.606. The monoisotopic (exact) mass is 279 g/mol. The summed E-state index contributed by atoms with van der Waals surface area (Å²) in [5.74, 6) is 3.09. The predicted octanol–water partition coefficient (Wildman–Crippen LogP) is 3.92. The van der Waals surface area contributed by atoms with Crippen LogP contribution >= 0.6 is 24.0 Å². The topological polar surface area (TPSA) is 33.6 Å². The van der Waals surface area contributed by atoms with E-state index in [1.54, 1.807) is 0 Å². The zero-order valence-corrected chi connectivity index (χ0v) is 12.2. The van der Waals surface area contributed by atoms with Crippen LogP contribution in [-0.2, 0) is 0 Å². The third-order valence-corrected chi connectivity index (χ3v) is 4.15. The molecule has 2 aromatic rings. The third-order valence-electron chi connectivity index (χ3n) is 2.74. The molecule has 2 rings (SSSR count). The molecule has 0 aliphatic rings. The Kier molecular flexibility index (Phi) is 4.60. The Morgan fingerprint density at radius 3 is 2.78 bits per heavy atom. The van der Waals surface area contributed by atoms with Crippen molar-refractivity contribution in [2.24, 2.45) is 0 Å². The van der Waals surface area contributed by atoms with E-state index in [-0.39, 0.29) is 0 Å². The fourth-order valence-electron chi connectivity index (χ4n) is 1.87. The van der Waals surface area contributed by atoms with Crippen molar-refractivity contribution >= 4 is 24.0 Å². The van der Waals surface area contributed by atoms with E-state index in [0.29, 0.717) is 10.8 Å². The minimum atomic E-state index is 0.344. The van der Waals surface area contributed by atoms with Crippen LogP contribution in [0.25, 0.3) is 11.4 Å². The highest BCUT2D eigenvalue weighted by atomic mass is 32.2. The van der Waals surface area contributed by atoms with Gasteiger partial charge in [0.15, 0.2) is 10.6 Å². The molecule has 0 amide bonds. The SMILES string of the molecule is CCSCC(C)n1c(-c2ccccc2)n[nH]c1=S. The van der Waals surface area contributed by atoms with Crippen LogP contribution in [0.2, 0.25) is 0 Å². The predicted molar refractivity (Wildman–Crippen MR) is 80.6 cm³/mol. The molecule has 0 saturated carbocycles. The molecule has 1 unspecified atom stereocenters. The molecule has 1 atom stereocenters. The molecule has 3 nitrogen and oxygen atoms in total. The van der Waals surface area contributed by atoms with Crippen molar-refractivity contribution in [1.82, 2.24) is 14.8 Å². The van der Waals surface area contributed by atoms with E-state index < -0.39 is 0 Å². The summed E-state index contributed by atoms with van der Waals surface area (Å²) in [6.45, 7) is 4.35. The maximum absolute atomic E-state index is 5.34. The lowest BCUT2D eigenvalue weighted by Gasteiger charge is -2.14. The summed E-state index contributed by atoms with van der Waals surface area (Å²) in [6.07, 6.45) is 0. The number of nitrogens with zero attached hydrogens (tertiary/aromatic N) is 2. The number of nitrogens with one attached hydrogen (secondary N) is 1. The highest BCUT2D eigenvalue weighted by Gasteiger charge is 2.13. The van der Waals surface area contributed by atoms with Crippen LogP contribution < -0.4 is 0 Å². The first-order chi connectivity index (χ1) is 8.74. The van der Waals surface area contributed by atoms with Gasteiger partial charge in [-0.25, -0.2) is 0 Å². The summed E-state index contributed by atoms with van der Waals surface area (Å²) < 4.78 is 2.80. The Morgan fingerprint density at radius 2 is 2.11 bits per heavy atom. The summed E-state index contributed by atoms with van der Waals surface area (Å²) in [6, 6.07) is 10.5. The van der Waals surface area contributed by atoms with Crippen LogP contribution in [0.1, 0.15) is 19.9 Å². The largest absolute Gasteiger partial charge is 0.296 e. The second-order valence-electron chi connectivity index (χ2n) is 4.10. The standard InChI is InChI=1S/C13H17N3S2/c1-3-18-9-10(2)16-12(14-15-13(16)17)11-7-5-4-6-8-11/h4-8,10H,3,9H2,1-2H3,(H,15,17). The zero-order chi connectivity index (χ0) is 13.0. The first-order valence-electron chi connectivity index (χ1n) is 6.04. The van der Waals surface area contributed by atoms with Gasteiger partial charge in [-0.3, -0.25) is 9.67 Å². The van der Waals surface area contributed by atoms with Gasteiger partial charge in [-0.05, 0) is 24.9 Å². The molecule has 0 aliphatic carbocycles. The molecule has 5 heteroatoms. The summed E-state index contributed by atoms with van der Waals surface area (Å²) in [5, 5.41) is 7.25. The third kappa shape index (κ3) is 2.84. The maximum atomic E-state index is 5.34. The lowest BCUT2D eigenvalue weighted by Crippen LogP contribution is -2.10. The van der Waals surface area contributed by atoms with Crippen LogP contribution in [0.15, 0.2) is 30.3 Å². The molecule has 0 aliphatic heterocycles. The van der Waals surface area contributed by atoms with E-state index in [9.17, 15) is 0 Å². The average Bonchev–Trinajstić information content (AvgIpc) is 2.79. The van der Waals surface area contributed by atoms with Crippen LogP contribution in [0.3, 0.4) is 0 Å². The average molecular weight is 279 g/mol. The van der Waals surface area contributed by atoms with Crippen LogP contribution in [-0.4, -0.2) is 26.3 Å². The highest BCUT2D eigenvalue weighted by molar-refractivity contribution is 7.99. The second-order valence-corrected chi connectivity index (χ2v) is 5.80. The van der Waals surface area contributed by atoms with Gasteiger partial charge >= 0.3 is 0 Å². The molecule has 0 radical (unpaired) electrons. The Hall–Kier alpha value is -1.07. The Morgan fingerprint density at radius 1 is 1.39 bits per heavy atom. The number of aromatic nitrogens is 3. The molecule has 18 heavy (non-hydrogen) atoms. The van der Waals surface area contributed by atoms with E-state index in [4.69, 9.17) is 12.2 Å². The van der Waals surface area contributed by atoms with Crippen LogP contribution in [0, 0.1) is 4.77 Å². The minimum Gasteiger partial charge on any atom is -0.296 e. The lowest BCUT2D eigenvalue weighted by atomic mass is 10.2. The molecule has 0 saturated heterocycles. The molecule has 0 bridgehead atoms. The molecule has 1 heterocycles. The number of thioether (sulfide) groups is 1. The van der Waals surface area contributed by atoms with E-state index in [2.05, 4.69) is 40.7 Å². The number of aromatic amines is 1. The number of H-pyrrole nitrogens is 1. The molecule has 1 aromatic carbocycles. The van der Waals surface area contributed by atoms with Crippen molar-refractivity contribution in [3.8, 4) is 11.4 Å². The van der Waals surface area contributed by atoms with E-state index in [0.717, 1.165) is 22.9 Å². The van der Waals surface area contributed by atoms with Crippen LogP contribution in [0.5, 0.6) is 0 Å². The molecule has 0 fully saturated rings. The van der Waals surface area contributed by atoms with E-state index in [1.807, 2.05) is 30.0 Å². The Balaban J connectivity index is 2.36. The van der Waals surface area contributed by atoms with Gasteiger partial charge in [-0.2, -0.15) is 16.9 Å².